The summed E-state index contributed by atoms with van der Waals surface area (Å²) in [6, 6.07) is 6.29. The van der Waals surface area contributed by atoms with Crippen molar-refractivity contribution in [1.82, 2.24) is 14.8 Å². The van der Waals surface area contributed by atoms with Crippen LogP contribution in [-0.4, -0.2) is 21.8 Å². The van der Waals surface area contributed by atoms with Gasteiger partial charge in [-0.05, 0) is 36.6 Å². The summed E-state index contributed by atoms with van der Waals surface area (Å²) >= 11 is 0. The Hall–Kier alpha value is -1.84. The molecule has 0 spiro atoms. The van der Waals surface area contributed by atoms with Crippen LogP contribution in [0.3, 0.4) is 0 Å². The molecule has 0 aliphatic heterocycles. The Labute approximate surface area is 108 Å². The maximum Gasteiger partial charge on any atom is 0.125 e. The van der Waals surface area contributed by atoms with Gasteiger partial charge in [0.25, 0.3) is 0 Å². The number of hydrogen-bond acceptors (Lipinski definition) is 3. The van der Waals surface area contributed by atoms with Gasteiger partial charge in [0, 0.05) is 18.9 Å². The number of pyridine rings is 1. The SMILES string of the molecule is CCc1cc(CC)n(Cc2ccnc(NC)c2)n1. The summed E-state index contributed by atoms with van der Waals surface area (Å²) in [6.45, 7) is 5.11. The average molecular weight is 244 g/mol. The molecule has 0 bridgehead atoms. The minimum Gasteiger partial charge on any atom is -0.373 e. The minimum atomic E-state index is 0.806. The molecule has 2 heterocycles. The van der Waals surface area contributed by atoms with Crippen molar-refractivity contribution in [3.63, 3.8) is 0 Å². The minimum absolute atomic E-state index is 0.806. The Morgan fingerprint density at radius 3 is 2.72 bits per heavy atom. The zero-order valence-electron chi connectivity index (χ0n) is 11.3. The van der Waals surface area contributed by atoms with Crippen molar-refractivity contribution in [3.05, 3.63) is 41.3 Å². The summed E-state index contributed by atoms with van der Waals surface area (Å²) in [6.07, 6.45) is 3.83. The largest absolute Gasteiger partial charge is 0.373 e. The number of aryl methyl sites for hydroxylation is 2. The Morgan fingerprint density at radius 1 is 1.22 bits per heavy atom. The second-order valence-electron chi connectivity index (χ2n) is 4.29. The molecule has 0 saturated heterocycles. The summed E-state index contributed by atoms with van der Waals surface area (Å²) in [5.41, 5.74) is 3.67. The van der Waals surface area contributed by atoms with E-state index in [-0.39, 0.29) is 0 Å². The first-order chi connectivity index (χ1) is 8.76. The van der Waals surface area contributed by atoms with Crippen molar-refractivity contribution in [1.29, 1.82) is 0 Å². The Kier molecular flexibility index (Phi) is 3.97. The van der Waals surface area contributed by atoms with Gasteiger partial charge >= 0.3 is 0 Å². The summed E-state index contributed by atoms with van der Waals surface area (Å²) in [4.78, 5) is 4.22. The molecule has 96 valence electrons. The molecule has 0 aliphatic carbocycles. The maximum absolute atomic E-state index is 4.63. The molecule has 0 amide bonds. The first-order valence-electron chi connectivity index (χ1n) is 6.45. The van der Waals surface area contributed by atoms with E-state index in [2.05, 4.69) is 46.1 Å². The zero-order valence-corrected chi connectivity index (χ0v) is 11.3. The van der Waals surface area contributed by atoms with Gasteiger partial charge < -0.3 is 5.32 Å². The molecule has 2 aromatic rings. The first-order valence-corrected chi connectivity index (χ1v) is 6.45. The van der Waals surface area contributed by atoms with Crippen LogP contribution >= 0.6 is 0 Å². The molecule has 0 fully saturated rings. The summed E-state index contributed by atoms with van der Waals surface area (Å²) < 4.78 is 2.09. The molecule has 0 aliphatic rings. The first kappa shape index (κ1) is 12.6. The van der Waals surface area contributed by atoms with Crippen LogP contribution in [-0.2, 0) is 19.4 Å². The highest BCUT2D eigenvalue weighted by molar-refractivity contribution is 5.36. The molecule has 0 atom stereocenters. The third-order valence-corrected chi connectivity index (χ3v) is 3.05. The average Bonchev–Trinajstić information content (AvgIpc) is 2.81. The number of aromatic nitrogens is 3. The van der Waals surface area contributed by atoms with Gasteiger partial charge in [-0.2, -0.15) is 5.10 Å². The van der Waals surface area contributed by atoms with E-state index in [0.717, 1.165) is 30.9 Å². The lowest BCUT2D eigenvalue weighted by Gasteiger charge is -2.07. The second-order valence-corrected chi connectivity index (χ2v) is 4.29. The third-order valence-electron chi connectivity index (χ3n) is 3.05. The topological polar surface area (TPSA) is 42.7 Å². The fourth-order valence-electron chi connectivity index (χ4n) is 1.99. The van der Waals surface area contributed by atoms with Crippen LogP contribution in [0.2, 0.25) is 0 Å². The van der Waals surface area contributed by atoms with E-state index in [0.29, 0.717) is 0 Å². The monoisotopic (exact) mass is 244 g/mol. The molecule has 0 unspecified atom stereocenters. The normalized spacial score (nSPS) is 10.6. The van der Waals surface area contributed by atoms with E-state index in [4.69, 9.17) is 0 Å². The maximum atomic E-state index is 4.63. The van der Waals surface area contributed by atoms with Gasteiger partial charge in [0.1, 0.15) is 5.82 Å². The molecule has 4 heteroatoms. The van der Waals surface area contributed by atoms with Gasteiger partial charge in [-0.3, -0.25) is 4.68 Å². The smallest absolute Gasteiger partial charge is 0.125 e. The van der Waals surface area contributed by atoms with Crippen molar-refractivity contribution >= 4 is 5.82 Å². The molecular formula is C14H20N4. The fraction of sp³-hybridized carbons (Fsp3) is 0.429. The van der Waals surface area contributed by atoms with E-state index in [9.17, 15) is 0 Å². The molecule has 1 N–H and O–H groups in total. The summed E-state index contributed by atoms with van der Waals surface area (Å²) in [5, 5.41) is 7.68. The lowest BCUT2D eigenvalue weighted by atomic mass is 10.2. The van der Waals surface area contributed by atoms with Crippen LogP contribution in [0.1, 0.15) is 30.8 Å². The quantitative estimate of drug-likeness (QED) is 0.878. The van der Waals surface area contributed by atoms with Crippen LogP contribution in [0, 0.1) is 0 Å². The summed E-state index contributed by atoms with van der Waals surface area (Å²) in [5.74, 6) is 0.897. The number of nitrogens with zero attached hydrogens (tertiary/aromatic N) is 3. The van der Waals surface area contributed by atoms with E-state index in [1.54, 1.807) is 0 Å². The Balaban J connectivity index is 2.24. The zero-order chi connectivity index (χ0) is 13.0. The highest BCUT2D eigenvalue weighted by atomic mass is 15.3. The van der Waals surface area contributed by atoms with Crippen molar-refractivity contribution in [2.45, 2.75) is 33.2 Å². The Morgan fingerprint density at radius 2 is 2.06 bits per heavy atom. The number of rotatable bonds is 5. The highest BCUT2D eigenvalue weighted by Gasteiger charge is 2.06. The van der Waals surface area contributed by atoms with Gasteiger partial charge in [0.2, 0.25) is 0 Å². The standard InChI is InChI=1S/C14H20N4/c1-4-12-9-13(5-2)18(17-12)10-11-6-7-16-14(8-11)15-3/h6-9H,4-5,10H2,1-3H3,(H,15,16). The van der Waals surface area contributed by atoms with Crippen molar-refractivity contribution in [2.75, 3.05) is 12.4 Å². The number of anilines is 1. The van der Waals surface area contributed by atoms with Gasteiger partial charge in [-0.25, -0.2) is 4.98 Å². The van der Waals surface area contributed by atoms with Crippen LogP contribution in [0.5, 0.6) is 0 Å². The lowest BCUT2D eigenvalue weighted by molar-refractivity contribution is 0.640. The van der Waals surface area contributed by atoms with Crippen molar-refractivity contribution in [2.24, 2.45) is 0 Å². The third kappa shape index (κ3) is 2.70. The molecule has 18 heavy (non-hydrogen) atoms. The highest BCUT2D eigenvalue weighted by Crippen LogP contribution is 2.12. The predicted molar refractivity (Wildman–Crippen MR) is 73.9 cm³/mol. The van der Waals surface area contributed by atoms with Crippen LogP contribution < -0.4 is 5.32 Å². The lowest BCUT2D eigenvalue weighted by Crippen LogP contribution is -2.06. The van der Waals surface area contributed by atoms with Gasteiger partial charge in [0.05, 0.1) is 12.2 Å². The van der Waals surface area contributed by atoms with Crippen LogP contribution in [0.25, 0.3) is 0 Å². The molecular weight excluding hydrogens is 224 g/mol. The van der Waals surface area contributed by atoms with Gasteiger partial charge in [-0.15, -0.1) is 0 Å². The van der Waals surface area contributed by atoms with Gasteiger partial charge in [0.15, 0.2) is 0 Å². The summed E-state index contributed by atoms with van der Waals surface area (Å²) in [7, 11) is 1.88. The van der Waals surface area contributed by atoms with E-state index in [1.165, 1.54) is 11.3 Å². The second kappa shape index (κ2) is 5.67. The molecule has 0 radical (unpaired) electrons. The van der Waals surface area contributed by atoms with Crippen molar-refractivity contribution < 1.29 is 0 Å². The van der Waals surface area contributed by atoms with E-state index >= 15 is 0 Å². The number of nitrogens with one attached hydrogen (secondary N) is 1. The Bertz CT molecular complexity index is 516. The fourth-order valence-corrected chi connectivity index (χ4v) is 1.99. The van der Waals surface area contributed by atoms with Crippen LogP contribution in [0.15, 0.2) is 24.4 Å². The molecule has 2 aromatic heterocycles. The van der Waals surface area contributed by atoms with Gasteiger partial charge in [-0.1, -0.05) is 13.8 Å². The van der Waals surface area contributed by atoms with Crippen LogP contribution in [0.4, 0.5) is 5.82 Å². The molecule has 0 saturated carbocycles. The van der Waals surface area contributed by atoms with E-state index < -0.39 is 0 Å². The molecule has 0 aromatic carbocycles. The molecule has 2 rings (SSSR count). The van der Waals surface area contributed by atoms with E-state index in [1.807, 2.05) is 19.3 Å². The number of hydrogen-bond donors (Lipinski definition) is 1. The predicted octanol–water partition coefficient (Wildman–Crippen LogP) is 2.49. The van der Waals surface area contributed by atoms with Crippen molar-refractivity contribution in [3.8, 4) is 0 Å². The molecule has 4 nitrogen and oxygen atoms in total.